The number of hydrogen-bond donors (Lipinski definition) is 3. The number of aliphatic imine (C=N–C) groups is 1. The first-order chi connectivity index (χ1) is 15.3. The van der Waals surface area contributed by atoms with Crippen LogP contribution in [0.5, 0.6) is 11.6 Å². The Bertz CT molecular complexity index is 1270. The van der Waals surface area contributed by atoms with E-state index in [1.807, 2.05) is 0 Å². The number of fused-ring (bicyclic) bond motifs is 1. The number of benzene rings is 2. The van der Waals surface area contributed by atoms with Gasteiger partial charge in [0.2, 0.25) is 5.88 Å². The maximum Gasteiger partial charge on any atom is 0.513 e. The number of carbonyl (C=O) groups excluding carboxylic acids is 2. The molecular weight excluding hydrogens is 486 g/mol. The predicted molar refractivity (Wildman–Crippen MR) is 121 cm³/mol. The Labute approximate surface area is 190 Å². The van der Waals surface area contributed by atoms with E-state index in [0.29, 0.717) is 21.9 Å². The van der Waals surface area contributed by atoms with Crippen molar-refractivity contribution in [3.8, 4) is 11.6 Å². The number of H-pyrrole nitrogens is 1. The zero-order valence-electron chi connectivity index (χ0n) is 17.0. The van der Waals surface area contributed by atoms with Crippen molar-refractivity contribution in [1.29, 1.82) is 0 Å². The van der Waals surface area contributed by atoms with E-state index in [4.69, 9.17) is 4.74 Å². The number of halogens is 1. The quantitative estimate of drug-likeness (QED) is 0.272. The molecule has 0 aliphatic rings. The van der Waals surface area contributed by atoms with E-state index in [1.54, 1.807) is 24.3 Å². The van der Waals surface area contributed by atoms with Crippen molar-refractivity contribution in [2.45, 2.75) is 6.54 Å². The monoisotopic (exact) mass is 503 g/mol. The van der Waals surface area contributed by atoms with E-state index in [2.05, 4.69) is 40.7 Å². The lowest BCUT2D eigenvalue weighted by molar-refractivity contribution is 0.121. The lowest BCUT2D eigenvalue weighted by Crippen LogP contribution is -2.14. The van der Waals surface area contributed by atoms with Crippen LogP contribution in [0.25, 0.3) is 10.8 Å². The van der Waals surface area contributed by atoms with Crippen LogP contribution in [-0.4, -0.2) is 42.8 Å². The normalized spacial score (nSPS) is 10.8. The van der Waals surface area contributed by atoms with E-state index in [1.165, 1.54) is 25.5 Å². The summed E-state index contributed by atoms with van der Waals surface area (Å²) in [5.74, 6) is -0.270. The summed E-state index contributed by atoms with van der Waals surface area (Å²) in [6.45, 7) is 0.143. The van der Waals surface area contributed by atoms with Gasteiger partial charge in [0.15, 0.2) is 5.75 Å². The molecule has 0 bridgehead atoms. The summed E-state index contributed by atoms with van der Waals surface area (Å²) in [6.07, 6.45) is -0.271. The molecule has 0 saturated heterocycles. The summed E-state index contributed by atoms with van der Waals surface area (Å²) < 4.78 is 14.9. The second kappa shape index (κ2) is 9.96. The number of anilines is 1. The first kappa shape index (κ1) is 22.8. The highest BCUT2D eigenvalue weighted by Crippen LogP contribution is 2.28. The van der Waals surface area contributed by atoms with Crippen LogP contribution >= 0.6 is 15.9 Å². The zero-order valence-corrected chi connectivity index (χ0v) is 18.6. The van der Waals surface area contributed by atoms with Gasteiger partial charge < -0.3 is 19.3 Å². The maximum atomic E-state index is 12.1. The molecule has 3 aromatic rings. The Hall–Kier alpha value is -3.86. The number of pyridine rings is 1. The fourth-order valence-electron chi connectivity index (χ4n) is 2.83. The van der Waals surface area contributed by atoms with Crippen LogP contribution in [0.4, 0.5) is 15.3 Å². The number of nitrogens with one attached hydrogen (secondary N) is 2. The van der Waals surface area contributed by atoms with Crippen LogP contribution in [-0.2, 0) is 16.0 Å². The number of aromatic amines is 1. The van der Waals surface area contributed by atoms with Gasteiger partial charge in [0.25, 0.3) is 5.56 Å². The first-order valence-electron chi connectivity index (χ1n) is 9.10. The Morgan fingerprint density at radius 3 is 2.66 bits per heavy atom. The van der Waals surface area contributed by atoms with Gasteiger partial charge in [-0.05, 0) is 35.9 Å². The number of aromatic nitrogens is 1. The summed E-state index contributed by atoms with van der Waals surface area (Å²) >= 11 is 3.35. The molecule has 0 unspecified atom stereocenters. The third-order valence-electron chi connectivity index (χ3n) is 4.33. The molecule has 0 saturated carbocycles. The number of hydrogen-bond acceptors (Lipinski definition) is 8. The van der Waals surface area contributed by atoms with Gasteiger partial charge in [0, 0.05) is 21.5 Å². The van der Waals surface area contributed by atoms with Crippen LogP contribution in [0.3, 0.4) is 0 Å². The van der Waals surface area contributed by atoms with E-state index in [9.17, 15) is 19.5 Å². The van der Waals surface area contributed by atoms with Gasteiger partial charge in [-0.2, -0.15) is 0 Å². The standard InChI is InChI=1S/C21H18BrN3O7/c1-30-20(28)24-16-6-3-11(7-17(16)32-21(29)31-2)9-23-10-15-14-8-12(22)4-5-13(14)18(26)25-19(15)27/h3-8,10H,9H2,1-2H3,(H,24,28)(H2,25,26,27). The number of methoxy groups -OCH3 is 2. The summed E-state index contributed by atoms with van der Waals surface area (Å²) in [7, 11) is 2.36. The molecule has 1 heterocycles. The SMILES string of the molecule is COC(=O)Nc1ccc(CN=Cc2c(O)[nH]c(=O)c3ccc(Br)cc23)cc1OC(=O)OC. The molecule has 10 nitrogen and oxygen atoms in total. The highest BCUT2D eigenvalue weighted by Gasteiger charge is 2.14. The van der Waals surface area contributed by atoms with Crippen molar-refractivity contribution >= 4 is 50.9 Å². The molecule has 0 fully saturated rings. The first-order valence-corrected chi connectivity index (χ1v) is 9.89. The number of amides is 1. The van der Waals surface area contributed by atoms with Gasteiger partial charge in [-0.3, -0.25) is 20.1 Å². The van der Waals surface area contributed by atoms with E-state index in [-0.39, 0.29) is 23.9 Å². The van der Waals surface area contributed by atoms with E-state index in [0.717, 1.165) is 11.6 Å². The zero-order chi connectivity index (χ0) is 23.3. The topological polar surface area (TPSA) is 139 Å². The summed E-state index contributed by atoms with van der Waals surface area (Å²) in [6, 6.07) is 9.75. The third kappa shape index (κ3) is 5.24. The van der Waals surface area contributed by atoms with Crippen molar-refractivity contribution in [2.24, 2.45) is 4.99 Å². The maximum absolute atomic E-state index is 12.1. The van der Waals surface area contributed by atoms with Gasteiger partial charge in [0.05, 0.1) is 32.0 Å². The highest BCUT2D eigenvalue weighted by atomic mass is 79.9. The molecule has 3 rings (SSSR count). The number of rotatable bonds is 5. The fraction of sp³-hybridized carbons (Fsp3) is 0.143. The minimum absolute atomic E-state index is 0.0382. The van der Waals surface area contributed by atoms with Gasteiger partial charge in [-0.15, -0.1) is 0 Å². The number of ether oxygens (including phenoxy) is 3. The Balaban J connectivity index is 1.90. The number of aromatic hydroxyl groups is 1. The Morgan fingerprint density at radius 2 is 1.94 bits per heavy atom. The second-order valence-corrected chi connectivity index (χ2v) is 7.30. The lowest BCUT2D eigenvalue weighted by Gasteiger charge is -2.11. The van der Waals surface area contributed by atoms with Crippen LogP contribution in [0.15, 0.2) is 50.7 Å². The number of carbonyl (C=O) groups is 2. The predicted octanol–water partition coefficient (Wildman–Crippen LogP) is 3.94. The molecule has 2 aromatic carbocycles. The molecule has 32 heavy (non-hydrogen) atoms. The molecule has 0 atom stereocenters. The minimum Gasteiger partial charge on any atom is -0.494 e. The van der Waals surface area contributed by atoms with Gasteiger partial charge in [0.1, 0.15) is 0 Å². The molecule has 1 aromatic heterocycles. The third-order valence-corrected chi connectivity index (χ3v) is 4.82. The van der Waals surface area contributed by atoms with Gasteiger partial charge >= 0.3 is 12.2 Å². The van der Waals surface area contributed by atoms with Crippen LogP contribution in [0.2, 0.25) is 0 Å². The largest absolute Gasteiger partial charge is 0.513 e. The smallest absolute Gasteiger partial charge is 0.494 e. The summed E-state index contributed by atoms with van der Waals surface area (Å²) in [4.78, 5) is 41.8. The molecule has 0 spiro atoms. The molecule has 11 heteroatoms. The molecule has 166 valence electrons. The molecule has 3 N–H and O–H groups in total. The molecule has 1 amide bonds. The second-order valence-electron chi connectivity index (χ2n) is 6.38. The van der Waals surface area contributed by atoms with Crippen LogP contribution < -0.4 is 15.6 Å². The van der Waals surface area contributed by atoms with E-state index < -0.39 is 17.8 Å². The lowest BCUT2D eigenvalue weighted by atomic mass is 10.1. The summed E-state index contributed by atoms with van der Waals surface area (Å²) in [5, 5.41) is 13.6. The molecule has 0 aliphatic heterocycles. The van der Waals surface area contributed by atoms with Crippen LogP contribution in [0, 0.1) is 0 Å². The Kier molecular flexibility index (Phi) is 7.11. The average molecular weight is 504 g/mol. The molecule has 0 aliphatic carbocycles. The van der Waals surface area contributed by atoms with Crippen LogP contribution in [0.1, 0.15) is 11.1 Å². The van der Waals surface area contributed by atoms with E-state index >= 15 is 0 Å². The van der Waals surface area contributed by atoms with Gasteiger partial charge in [-0.1, -0.05) is 22.0 Å². The molecular formula is C21H18BrN3O7. The number of nitrogens with zero attached hydrogens (tertiary/aromatic N) is 1. The average Bonchev–Trinajstić information content (AvgIpc) is 2.77. The van der Waals surface area contributed by atoms with Crippen molar-refractivity contribution in [3.05, 3.63) is 62.4 Å². The van der Waals surface area contributed by atoms with Crippen molar-refractivity contribution in [2.75, 3.05) is 19.5 Å². The van der Waals surface area contributed by atoms with Crippen molar-refractivity contribution in [1.82, 2.24) is 4.98 Å². The summed E-state index contributed by atoms with van der Waals surface area (Å²) in [5.41, 5.74) is 0.755. The molecule has 0 radical (unpaired) electrons. The Morgan fingerprint density at radius 1 is 1.16 bits per heavy atom. The highest BCUT2D eigenvalue weighted by molar-refractivity contribution is 9.10. The van der Waals surface area contributed by atoms with Crippen molar-refractivity contribution < 1.29 is 28.9 Å². The van der Waals surface area contributed by atoms with Crippen molar-refractivity contribution in [3.63, 3.8) is 0 Å². The van der Waals surface area contributed by atoms with Gasteiger partial charge in [-0.25, -0.2) is 9.59 Å². The minimum atomic E-state index is -0.964. The fourth-order valence-corrected chi connectivity index (χ4v) is 3.19.